The minimum absolute atomic E-state index is 0.160. The molecule has 1 aromatic rings. The second kappa shape index (κ2) is 6.31. The zero-order valence-electron chi connectivity index (χ0n) is 11.5. The number of nitrogens with zero attached hydrogens (tertiary/aromatic N) is 2. The van der Waals surface area contributed by atoms with Crippen molar-refractivity contribution in [3.05, 3.63) is 17.5 Å². The third kappa shape index (κ3) is 3.54. The van der Waals surface area contributed by atoms with E-state index < -0.39 is 0 Å². The maximum Gasteiger partial charge on any atom is 0.0936 e. The molecule has 0 aromatic carbocycles. The average molecular weight is 253 g/mol. The zero-order valence-corrected chi connectivity index (χ0v) is 11.5. The number of aryl methyl sites for hydroxylation is 2. The van der Waals surface area contributed by atoms with Gasteiger partial charge in [-0.05, 0) is 26.8 Å². The van der Waals surface area contributed by atoms with Gasteiger partial charge in [-0.1, -0.05) is 0 Å². The molecule has 0 amide bonds. The predicted molar refractivity (Wildman–Crippen MR) is 69.5 cm³/mol. The van der Waals surface area contributed by atoms with E-state index in [1.165, 1.54) is 0 Å². The lowest BCUT2D eigenvalue weighted by molar-refractivity contribution is -0.0723. The molecule has 0 bridgehead atoms. The fraction of sp³-hybridized carbons (Fsp3) is 0.769. The number of morpholine rings is 1. The van der Waals surface area contributed by atoms with Gasteiger partial charge < -0.3 is 14.8 Å². The van der Waals surface area contributed by atoms with Crippen molar-refractivity contribution < 1.29 is 9.47 Å². The van der Waals surface area contributed by atoms with E-state index in [9.17, 15) is 0 Å². The SMILES string of the molecule is CCn1nc(C)cc1COCC1CNCC(C)O1. The molecule has 2 rings (SSSR count). The number of hydrogen-bond donors (Lipinski definition) is 1. The van der Waals surface area contributed by atoms with Crippen LogP contribution in [0.25, 0.3) is 0 Å². The molecule has 2 unspecified atom stereocenters. The van der Waals surface area contributed by atoms with Crippen LogP contribution in [0.15, 0.2) is 6.07 Å². The summed E-state index contributed by atoms with van der Waals surface area (Å²) in [4.78, 5) is 0. The average Bonchev–Trinajstić information content (AvgIpc) is 2.70. The van der Waals surface area contributed by atoms with Gasteiger partial charge in [-0.2, -0.15) is 5.10 Å². The fourth-order valence-corrected chi connectivity index (χ4v) is 2.25. The van der Waals surface area contributed by atoms with Crippen LogP contribution in [0.4, 0.5) is 0 Å². The van der Waals surface area contributed by atoms with Crippen LogP contribution in [0.1, 0.15) is 25.2 Å². The molecule has 1 aliphatic heterocycles. The minimum atomic E-state index is 0.160. The van der Waals surface area contributed by atoms with Gasteiger partial charge >= 0.3 is 0 Å². The molecule has 1 aromatic heterocycles. The number of ether oxygens (including phenoxy) is 2. The number of hydrogen-bond acceptors (Lipinski definition) is 4. The van der Waals surface area contributed by atoms with E-state index in [1.54, 1.807) is 0 Å². The van der Waals surface area contributed by atoms with Gasteiger partial charge in [0.15, 0.2) is 0 Å². The normalized spacial score (nSPS) is 24.4. The monoisotopic (exact) mass is 253 g/mol. The van der Waals surface area contributed by atoms with E-state index in [2.05, 4.69) is 30.3 Å². The van der Waals surface area contributed by atoms with Crippen molar-refractivity contribution in [2.24, 2.45) is 0 Å². The highest BCUT2D eigenvalue weighted by Gasteiger charge is 2.18. The third-order valence-corrected chi connectivity index (χ3v) is 3.07. The van der Waals surface area contributed by atoms with Gasteiger partial charge in [-0.25, -0.2) is 0 Å². The second-order valence-electron chi connectivity index (χ2n) is 4.83. The maximum absolute atomic E-state index is 5.78. The lowest BCUT2D eigenvalue weighted by atomic mass is 10.2. The molecule has 1 N–H and O–H groups in total. The first kappa shape index (κ1) is 13.5. The van der Waals surface area contributed by atoms with Gasteiger partial charge in [-0.15, -0.1) is 0 Å². The molecule has 1 saturated heterocycles. The lowest BCUT2D eigenvalue weighted by Crippen LogP contribution is -2.45. The van der Waals surface area contributed by atoms with Crippen LogP contribution in [-0.2, 0) is 22.6 Å². The summed E-state index contributed by atoms with van der Waals surface area (Å²) in [6, 6.07) is 2.08. The predicted octanol–water partition coefficient (Wildman–Crippen LogP) is 1.10. The van der Waals surface area contributed by atoms with Crippen LogP contribution in [-0.4, -0.2) is 41.7 Å². The summed E-state index contributed by atoms with van der Waals surface area (Å²) in [5.74, 6) is 0. The van der Waals surface area contributed by atoms with E-state index in [-0.39, 0.29) is 12.2 Å². The molecule has 0 aliphatic carbocycles. The van der Waals surface area contributed by atoms with Gasteiger partial charge in [0.25, 0.3) is 0 Å². The molecule has 5 heteroatoms. The summed E-state index contributed by atoms with van der Waals surface area (Å²) >= 11 is 0. The lowest BCUT2D eigenvalue weighted by Gasteiger charge is -2.28. The Labute approximate surface area is 108 Å². The third-order valence-electron chi connectivity index (χ3n) is 3.07. The smallest absolute Gasteiger partial charge is 0.0936 e. The first-order chi connectivity index (χ1) is 8.69. The standard InChI is InChI=1S/C13H23N3O2/c1-4-16-12(5-10(2)15-16)8-17-9-13-7-14-6-11(3)18-13/h5,11,13-14H,4,6-9H2,1-3H3. The highest BCUT2D eigenvalue weighted by atomic mass is 16.5. The Bertz CT molecular complexity index is 378. The summed E-state index contributed by atoms with van der Waals surface area (Å²) in [7, 11) is 0. The molecule has 0 saturated carbocycles. The molecular weight excluding hydrogens is 230 g/mol. The highest BCUT2D eigenvalue weighted by molar-refractivity contribution is 5.07. The van der Waals surface area contributed by atoms with Crippen molar-refractivity contribution in [2.45, 2.75) is 46.1 Å². The Kier molecular flexibility index (Phi) is 4.74. The van der Waals surface area contributed by atoms with Gasteiger partial charge in [-0.3, -0.25) is 4.68 Å². The van der Waals surface area contributed by atoms with Crippen molar-refractivity contribution in [3.8, 4) is 0 Å². The van der Waals surface area contributed by atoms with E-state index in [0.717, 1.165) is 31.0 Å². The van der Waals surface area contributed by atoms with Crippen LogP contribution >= 0.6 is 0 Å². The van der Waals surface area contributed by atoms with E-state index in [1.807, 2.05) is 11.6 Å². The molecule has 1 fully saturated rings. The Morgan fingerprint density at radius 3 is 3.11 bits per heavy atom. The molecule has 1 aliphatic rings. The van der Waals surface area contributed by atoms with E-state index in [4.69, 9.17) is 9.47 Å². The first-order valence-corrected chi connectivity index (χ1v) is 6.66. The molecule has 102 valence electrons. The topological polar surface area (TPSA) is 48.3 Å². The van der Waals surface area contributed by atoms with E-state index >= 15 is 0 Å². The molecule has 5 nitrogen and oxygen atoms in total. The largest absolute Gasteiger partial charge is 0.372 e. The van der Waals surface area contributed by atoms with Crippen molar-refractivity contribution in [2.75, 3.05) is 19.7 Å². The number of rotatable bonds is 5. The fourth-order valence-electron chi connectivity index (χ4n) is 2.25. The van der Waals surface area contributed by atoms with Crippen molar-refractivity contribution >= 4 is 0 Å². The summed E-state index contributed by atoms with van der Waals surface area (Å²) in [6.45, 7) is 10.1. The van der Waals surface area contributed by atoms with Gasteiger partial charge in [0.2, 0.25) is 0 Å². The maximum atomic E-state index is 5.78. The van der Waals surface area contributed by atoms with Gasteiger partial charge in [0, 0.05) is 19.6 Å². The highest BCUT2D eigenvalue weighted by Crippen LogP contribution is 2.08. The molecule has 0 radical (unpaired) electrons. The van der Waals surface area contributed by atoms with Crippen LogP contribution < -0.4 is 5.32 Å². The molecule has 0 spiro atoms. The Hall–Kier alpha value is -0.910. The molecule has 2 atom stereocenters. The van der Waals surface area contributed by atoms with Crippen molar-refractivity contribution in [3.63, 3.8) is 0 Å². The quantitative estimate of drug-likeness (QED) is 0.854. The van der Waals surface area contributed by atoms with Crippen molar-refractivity contribution in [1.29, 1.82) is 0 Å². The Morgan fingerprint density at radius 1 is 1.56 bits per heavy atom. The minimum Gasteiger partial charge on any atom is -0.372 e. The summed E-state index contributed by atoms with van der Waals surface area (Å²) in [5, 5.41) is 7.74. The van der Waals surface area contributed by atoms with Crippen LogP contribution in [0.3, 0.4) is 0 Å². The van der Waals surface area contributed by atoms with Crippen LogP contribution in [0.2, 0.25) is 0 Å². The molecule has 18 heavy (non-hydrogen) atoms. The van der Waals surface area contributed by atoms with Gasteiger partial charge in [0.05, 0.1) is 36.8 Å². The van der Waals surface area contributed by atoms with Crippen LogP contribution in [0, 0.1) is 6.92 Å². The first-order valence-electron chi connectivity index (χ1n) is 6.66. The zero-order chi connectivity index (χ0) is 13.0. The Morgan fingerprint density at radius 2 is 2.39 bits per heavy atom. The van der Waals surface area contributed by atoms with E-state index in [0.29, 0.717) is 13.2 Å². The molecular formula is C13H23N3O2. The van der Waals surface area contributed by atoms with Crippen molar-refractivity contribution in [1.82, 2.24) is 15.1 Å². The van der Waals surface area contributed by atoms with Crippen LogP contribution in [0.5, 0.6) is 0 Å². The number of aromatic nitrogens is 2. The number of nitrogens with one attached hydrogen (secondary N) is 1. The van der Waals surface area contributed by atoms with Gasteiger partial charge in [0.1, 0.15) is 0 Å². The summed E-state index contributed by atoms with van der Waals surface area (Å²) < 4.78 is 13.5. The summed E-state index contributed by atoms with van der Waals surface area (Å²) in [5.41, 5.74) is 2.17. The second-order valence-corrected chi connectivity index (χ2v) is 4.83. The molecule has 2 heterocycles. The summed E-state index contributed by atoms with van der Waals surface area (Å²) in [6.07, 6.45) is 0.434. The Balaban J connectivity index is 1.77.